The Bertz CT molecular complexity index is 642. The second-order valence-electron chi connectivity index (χ2n) is 6.75. The summed E-state index contributed by atoms with van der Waals surface area (Å²) in [7, 11) is 0. The number of hydrogen-bond donors (Lipinski definition) is 3. The van der Waals surface area contributed by atoms with Gasteiger partial charge in [0.25, 0.3) is 5.91 Å². The number of rotatable bonds is 4. The average Bonchev–Trinajstić information content (AvgIpc) is 2.54. The maximum Gasteiger partial charge on any atom is 0.319 e. The fourth-order valence-electron chi connectivity index (χ4n) is 2.88. The molecule has 1 fully saturated rings. The molecule has 0 spiro atoms. The van der Waals surface area contributed by atoms with E-state index in [0.29, 0.717) is 24.1 Å². The quantitative estimate of drug-likeness (QED) is 0.779. The molecule has 0 bridgehead atoms. The third kappa shape index (κ3) is 4.95. The van der Waals surface area contributed by atoms with Crippen molar-refractivity contribution in [3.05, 3.63) is 29.8 Å². The number of likely N-dealkylation sites (tertiary alicyclic amines) is 1. The average molecular weight is 347 g/mol. The molecular weight excluding hydrogens is 322 g/mol. The third-order valence-corrected chi connectivity index (χ3v) is 4.30. The van der Waals surface area contributed by atoms with Crippen molar-refractivity contribution in [2.45, 2.75) is 45.7 Å². The standard InChI is InChI=1S/C18H25N3O4/c1-11(2)19-18(25)20-15-8-6-13(7-9-15)16(22)21-10-14(17(23)24)5-4-12(21)3/h6-9,11-12,14H,4-5,10H2,1-3H3,(H,23,24)(H2,19,20,25). The predicted molar refractivity (Wildman–Crippen MR) is 94.6 cm³/mol. The van der Waals surface area contributed by atoms with Crippen molar-refractivity contribution >= 4 is 23.6 Å². The van der Waals surface area contributed by atoms with Crippen molar-refractivity contribution in [2.24, 2.45) is 5.92 Å². The lowest BCUT2D eigenvalue weighted by atomic mass is 9.93. The number of anilines is 1. The van der Waals surface area contributed by atoms with Gasteiger partial charge in [0.1, 0.15) is 0 Å². The molecule has 1 aliphatic heterocycles. The zero-order chi connectivity index (χ0) is 18.6. The van der Waals surface area contributed by atoms with E-state index in [9.17, 15) is 19.5 Å². The third-order valence-electron chi connectivity index (χ3n) is 4.30. The zero-order valence-corrected chi connectivity index (χ0v) is 14.8. The van der Waals surface area contributed by atoms with Crippen LogP contribution in [0.2, 0.25) is 0 Å². The Morgan fingerprint density at radius 3 is 2.36 bits per heavy atom. The van der Waals surface area contributed by atoms with Crippen LogP contribution in [0.3, 0.4) is 0 Å². The SMILES string of the molecule is CC(C)NC(=O)Nc1ccc(C(=O)N2CC(C(=O)O)CCC2C)cc1. The first kappa shape index (κ1) is 18.8. The van der Waals surface area contributed by atoms with Gasteiger partial charge in [-0.25, -0.2) is 4.79 Å². The van der Waals surface area contributed by atoms with Crippen LogP contribution in [0.1, 0.15) is 44.0 Å². The molecule has 7 nitrogen and oxygen atoms in total. The number of aliphatic carboxylic acids is 1. The van der Waals surface area contributed by atoms with E-state index in [2.05, 4.69) is 10.6 Å². The van der Waals surface area contributed by atoms with Crippen LogP contribution in [-0.4, -0.2) is 46.5 Å². The number of carbonyl (C=O) groups is 3. The van der Waals surface area contributed by atoms with Crippen molar-refractivity contribution in [3.8, 4) is 0 Å². The molecule has 2 rings (SSSR count). The van der Waals surface area contributed by atoms with Crippen molar-refractivity contribution in [2.75, 3.05) is 11.9 Å². The fraction of sp³-hybridized carbons (Fsp3) is 0.500. The van der Waals surface area contributed by atoms with Crippen LogP contribution in [0.4, 0.5) is 10.5 Å². The Hall–Kier alpha value is -2.57. The van der Waals surface area contributed by atoms with Gasteiger partial charge in [-0.2, -0.15) is 0 Å². The van der Waals surface area contributed by atoms with Crippen LogP contribution in [0, 0.1) is 5.92 Å². The summed E-state index contributed by atoms with van der Waals surface area (Å²) in [4.78, 5) is 37.2. The number of carboxylic acid groups (broad SMARTS) is 1. The monoisotopic (exact) mass is 347 g/mol. The van der Waals surface area contributed by atoms with Crippen LogP contribution in [0.5, 0.6) is 0 Å². The highest BCUT2D eigenvalue weighted by molar-refractivity contribution is 5.96. The number of carboxylic acids is 1. The second kappa shape index (κ2) is 8.00. The van der Waals surface area contributed by atoms with Gasteiger partial charge in [0.2, 0.25) is 0 Å². The van der Waals surface area contributed by atoms with Gasteiger partial charge in [-0.15, -0.1) is 0 Å². The highest BCUT2D eigenvalue weighted by Gasteiger charge is 2.32. The van der Waals surface area contributed by atoms with Crippen molar-refractivity contribution in [1.82, 2.24) is 10.2 Å². The topological polar surface area (TPSA) is 98.7 Å². The molecule has 2 atom stereocenters. The molecule has 1 aromatic carbocycles. The van der Waals surface area contributed by atoms with Gasteiger partial charge in [-0.05, 0) is 57.9 Å². The largest absolute Gasteiger partial charge is 0.481 e. The second-order valence-corrected chi connectivity index (χ2v) is 6.75. The minimum Gasteiger partial charge on any atom is -0.481 e. The number of piperidine rings is 1. The molecule has 1 heterocycles. The van der Waals surface area contributed by atoms with E-state index in [0.717, 1.165) is 0 Å². The van der Waals surface area contributed by atoms with E-state index in [-0.39, 0.29) is 30.6 Å². The number of amides is 3. The molecular formula is C18H25N3O4. The maximum atomic E-state index is 12.7. The Morgan fingerprint density at radius 1 is 1.16 bits per heavy atom. The van der Waals surface area contributed by atoms with E-state index >= 15 is 0 Å². The van der Waals surface area contributed by atoms with Crippen molar-refractivity contribution in [1.29, 1.82) is 0 Å². The minimum absolute atomic E-state index is 0.0118. The molecule has 1 aromatic rings. The smallest absolute Gasteiger partial charge is 0.319 e. The highest BCUT2D eigenvalue weighted by atomic mass is 16.4. The molecule has 0 aliphatic carbocycles. The lowest BCUT2D eigenvalue weighted by molar-refractivity contribution is -0.143. The van der Waals surface area contributed by atoms with Crippen LogP contribution < -0.4 is 10.6 Å². The summed E-state index contributed by atoms with van der Waals surface area (Å²) in [5.74, 6) is -1.56. The van der Waals surface area contributed by atoms with E-state index in [1.54, 1.807) is 29.2 Å². The first-order valence-electron chi connectivity index (χ1n) is 8.49. The molecule has 7 heteroatoms. The molecule has 136 valence electrons. The number of carbonyl (C=O) groups excluding carboxylic acids is 2. The van der Waals surface area contributed by atoms with E-state index in [4.69, 9.17) is 0 Å². The van der Waals surface area contributed by atoms with E-state index in [1.165, 1.54) is 0 Å². The summed E-state index contributed by atoms with van der Waals surface area (Å²) in [5, 5.41) is 14.6. The summed E-state index contributed by atoms with van der Waals surface area (Å²) in [6.07, 6.45) is 1.27. The lowest BCUT2D eigenvalue weighted by Gasteiger charge is -2.36. The van der Waals surface area contributed by atoms with E-state index < -0.39 is 11.9 Å². The summed E-state index contributed by atoms with van der Waals surface area (Å²) in [6.45, 7) is 5.89. The van der Waals surface area contributed by atoms with Crippen LogP contribution in [0.25, 0.3) is 0 Å². The maximum absolute atomic E-state index is 12.7. The minimum atomic E-state index is -0.861. The first-order chi connectivity index (χ1) is 11.8. The predicted octanol–water partition coefficient (Wildman–Crippen LogP) is 2.54. The summed E-state index contributed by atoms with van der Waals surface area (Å²) in [5.41, 5.74) is 1.07. The summed E-state index contributed by atoms with van der Waals surface area (Å²) >= 11 is 0. The van der Waals surface area contributed by atoms with Crippen LogP contribution in [0.15, 0.2) is 24.3 Å². The molecule has 2 unspecified atom stereocenters. The van der Waals surface area contributed by atoms with Crippen LogP contribution >= 0.6 is 0 Å². The molecule has 0 aromatic heterocycles. The van der Waals surface area contributed by atoms with Gasteiger partial charge in [-0.3, -0.25) is 9.59 Å². The highest BCUT2D eigenvalue weighted by Crippen LogP contribution is 2.24. The molecule has 3 N–H and O–H groups in total. The van der Waals surface area contributed by atoms with Gasteiger partial charge in [0.15, 0.2) is 0 Å². The van der Waals surface area contributed by atoms with E-state index in [1.807, 2.05) is 20.8 Å². The molecule has 0 radical (unpaired) electrons. The van der Waals surface area contributed by atoms with Gasteiger partial charge in [0.05, 0.1) is 5.92 Å². The number of urea groups is 1. The number of hydrogen-bond acceptors (Lipinski definition) is 3. The van der Waals surface area contributed by atoms with Gasteiger partial charge < -0.3 is 20.6 Å². The van der Waals surface area contributed by atoms with Gasteiger partial charge in [0, 0.05) is 29.9 Å². The molecule has 1 aliphatic rings. The molecule has 25 heavy (non-hydrogen) atoms. The van der Waals surface area contributed by atoms with Gasteiger partial charge in [-0.1, -0.05) is 0 Å². The molecule has 3 amide bonds. The number of benzene rings is 1. The van der Waals surface area contributed by atoms with Crippen molar-refractivity contribution in [3.63, 3.8) is 0 Å². The van der Waals surface area contributed by atoms with Gasteiger partial charge >= 0.3 is 12.0 Å². The zero-order valence-electron chi connectivity index (χ0n) is 14.8. The first-order valence-corrected chi connectivity index (χ1v) is 8.49. The summed E-state index contributed by atoms with van der Waals surface area (Å²) < 4.78 is 0. The Labute approximate surface area is 147 Å². The Balaban J connectivity index is 2.04. The number of nitrogens with zero attached hydrogens (tertiary/aromatic N) is 1. The molecule has 1 saturated heterocycles. The number of nitrogens with one attached hydrogen (secondary N) is 2. The fourth-order valence-corrected chi connectivity index (χ4v) is 2.88. The Morgan fingerprint density at radius 2 is 1.80 bits per heavy atom. The lowest BCUT2D eigenvalue weighted by Crippen LogP contribution is -2.47. The van der Waals surface area contributed by atoms with Crippen LogP contribution in [-0.2, 0) is 4.79 Å². The Kier molecular flexibility index (Phi) is 6.01. The normalized spacial score (nSPS) is 20.2. The summed E-state index contributed by atoms with van der Waals surface area (Å²) in [6, 6.07) is 6.35. The molecule has 0 saturated carbocycles. The van der Waals surface area contributed by atoms with Crippen molar-refractivity contribution < 1.29 is 19.5 Å².